The van der Waals surface area contributed by atoms with Gasteiger partial charge in [0.1, 0.15) is 0 Å². The van der Waals surface area contributed by atoms with Crippen molar-refractivity contribution in [2.75, 3.05) is 6.54 Å². The summed E-state index contributed by atoms with van der Waals surface area (Å²) in [5, 5.41) is 0.893. The van der Waals surface area contributed by atoms with Gasteiger partial charge < -0.3 is 4.98 Å². The molecule has 6 heteroatoms. The van der Waals surface area contributed by atoms with Crippen LogP contribution in [0.1, 0.15) is 33.4 Å². The van der Waals surface area contributed by atoms with E-state index in [1.54, 1.807) is 24.3 Å². The molecule has 4 rings (SSSR count). The van der Waals surface area contributed by atoms with Gasteiger partial charge in [0.25, 0.3) is 5.56 Å². The zero-order valence-corrected chi connectivity index (χ0v) is 20.9. The first kappa shape index (κ1) is 23.9. The molecule has 176 valence electrons. The fourth-order valence-electron chi connectivity index (χ4n) is 4.16. The highest BCUT2D eigenvalue weighted by atomic mass is 32.2. The molecule has 1 aromatic heterocycles. The Balaban J connectivity index is 1.74. The van der Waals surface area contributed by atoms with Gasteiger partial charge in [0.2, 0.25) is 10.0 Å². The van der Waals surface area contributed by atoms with Crippen LogP contribution in [0.2, 0.25) is 0 Å². The number of hydrogen-bond acceptors (Lipinski definition) is 3. The van der Waals surface area contributed by atoms with Crippen molar-refractivity contribution in [2.45, 2.75) is 45.6 Å². The minimum atomic E-state index is -3.80. The molecule has 5 nitrogen and oxygen atoms in total. The smallest absolute Gasteiger partial charge is 0.252 e. The first-order valence-electron chi connectivity index (χ1n) is 11.4. The number of nitrogens with one attached hydrogen (secondary N) is 1. The third kappa shape index (κ3) is 4.83. The van der Waals surface area contributed by atoms with E-state index < -0.39 is 10.0 Å². The molecule has 0 fully saturated rings. The maximum Gasteiger partial charge on any atom is 0.252 e. The zero-order valence-electron chi connectivity index (χ0n) is 20.1. The first-order chi connectivity index (χ1) is 16.2. The molecule has 1 N–H and O–H groups in total. The lowest BCUT2D eigenvalue weighted by Crippen LogP contribution is -2.34. The number of fused-ring (bicyclic) bond motifs is 1. The van der Waals surface area contributed by atoms with Gasteiger partial charge in [0.05, 0.1) is 10.4 Å². The summed E-state index contributed by atoms with van der Waals surface area (Å²) in [5.41, 5.74) is 6.26. The Hall–Kier alpha value is -3.22. The van der Waals surface area contributed by atoms with Crippen LogP contribution in [0.15, 0.2) is 76.4 Å². The van der Waals surface area contributed by atoms with E-state index in [9.17, 15) is 13.2 Å². The quantitative estimate of drug-likeness (QED) is 0.400. The third-order valence-electron chi connectivity index (χ3n) is 6.53. The number of pyridine rings is 1. The Kier molecular flexibility index (Phi) is 6.73. The van der Waals surface area contributed by atoms with E-state index in [0.29, 0.717) is 12.0 Å². The van der Waals surface area contributed by atoms with E-state index >= 15 is 0 Å². The molecule has 1 heterocycles. The van der Waals surface area contributed by atoms with E-state index in [2.05, 4.69) is 4.98 Å². The number of benzene rings is 3. The largest absolute Gasteiger partial charge is 0.321 e. The number of aryl methyl sites for hydroxylation is 4. The number of H-pyrrole nitrogens is 1. The van der Waals surface area contributed by atoms with Gasteiger partial charge in [-0.15, -0.1) is 0 Å². The molecule has 0 aliphatic rings. The van der Waals surface area contributed by atoms with Crippen molar-refractivity contribution >= 4 is 20.9 Å². The van der Waals surface area contributed by atoms with Crippen LogP contribution >= 0.6 is 0 Å². The fourth-order valence-corrected chi connectivity index (χ4v) is 5.58. The van der Waals surface area contributed by atoms with Crippen LogP contribution in [0, 0.1) is 27.7 Å². The molecule has 0 unspecified atom stereocenters. The number of aromatic nitrogens is 1. The second-order valence-corrected chi connectivity index (χ2v) is 10.9. The predicted octanol–water partition coefficient (Wildman–Crippen LogP) is 5.20. The van der Waals surface area contributed by atoms with E-state index in [4.69, 9.17) is 0 Å². The monoisotopic (exact) mass is 474 g/mol. The summed E-state index contributed by atoms with van der Waals surface area (Å²) in [5.74, 6) is 0. The summed E-state index contributed by atoms with van der Waals surface area (Å²) in [6.45, 7) is 8.19. The molecular formula is C28H30N2O3S. The number of sulfonamides is 1. The van der Waals surface area contributed by atoms with Gasteiger partial charge in [-0.25, -0.2) is 8.42 Å². The Morgan fingerprint density at radius 2 is 1.53 bits per heavy atom. The number of aromatic amines is 1. The van der Waals surface area contributed by atoms with Crippen molar-refractivity contribution in [3.8, 4) is 0 Å². The van der Waals surface area contributed by atoms with E-state index in [1.165, 1.54) is 4.31 Å². The molecule has 0 amide bonds. The average molecular weight is 475 g/mol. The lowest BCUT2D eigenvalue weighted by Gasteiger charge is -2.23. The van der Waals surface area contributed by atoms with Crippen LogP contribution in [-0.2, 0) is 23.0 Å². The zero-order chi connectivity index (χ0) is 24.5. The molecule has 0 spiro atoms. The summed E-state index contributed by atoms with van der Waals surface area (Å²) < 4.78 is 28.7. The molecule has 0 aliphatic heterocycles. The maximum atomic E-state index is 13.6. The summed E-state index contributed by atoms with van der Waals surface area (Å²) >= 11 is 0. The number of hydrogen-bond donors (Lipinski definition) is 1. The summed E-state index contributed by atoms with van der Waals surface area (Å²) in [7, 11) is -3.80. The first-order valence-corrected chi connectivity index (χ1v) is 12.8. The maximum absolute atomic E-state index is 13.6. The van der Waals surface area contributed by atoms with Crippen LogP contribution in [0.4, 0.5) is 0 Å². The van der Waals surface area contributed by atoms with E-state index in [1.807, 2.05) is 70.2 Å². The predicted molar refractivity (Wildman–Crippen MR) is 138 cm³/mol. The van der Waals surface area contributed by atoms with Crippen molar-refractivity contribution in [3.63, 3.8) is 0 Å². The Labute approximate surface area is 201 Å². The normalized spacial score (nSPS) is 11.9. The second kappa shape index (κ2) is 9.57. The molecule has 0 atom stereocenters. The second-order valence-electron chi connectivity index (χ2n) is 8.92. The van der Waals surface area contributed by atoms with Crippen molar-refractivity contribution in [3.05, 3.63) is 110 Å². The minimum absolute atomic E-state index is 0.000286. The molecule has 0 aliphatic carbocycles. The SMILES string of the molecule is Cc1ccc(S(=O)(=O)N(CCc2ccccc2C)Cc2cc3ccc(C)c(C)c3[nH]c2=O)cc1. The molecule has 0 bridgehead atoms. The number of nitrogens with zero attached hydrogens (tertiary/aromatic N) is 1. The highest BCUT2D eigenvalue weighted by molar-refractivity contribution is 7.89. The Morgan fingerprint density at radius 1 is 0.824 bits per heavy atom. The van der Waals surface area contributed by atoms with Crippen molar-refractivity contribution in [2.24, 2.45) is 0 Å². The Bertz CT molecular complexity index is 1500. The van der Waals surface area contributed by atoms with E-state index in [-0.39, 0.29) is 23.5 Å². The lowest BCUT2D eigenvalue weighted by molar-refractivity contribution is 0.408. The van der Waals surface area contributed by atoms with Crippen LogP contribution in [0.25, 0.3) is 10.9 Å². The van der Waals surface area contributed by atoms with Crippen LogP contribution in [0.5, 0.6) is 0 Å². The van der Waals surface area contributed by atoms with Gasteiger partial charge in [-0.2, -0.15) is 4.31 Å². The number of rotatable bonds is 7. The van der Waals surface area contributed by atoms with Crippen molar-refractivity contribution < 1.29 is 8.42 Å². The topological polar surface area (TPSA) is 70.2 Å². The summed E-state index contributed by atoms with van der Waals surface area (Å²) in [4.78, 5) is 16.2. The van der Waals surface area contributed by atoms with Crippen molar-refractivity contribution in [1.29, 1.82) is 0 Å². The lowest BCUT2D eigenvalue weighted by atomic mass is 10.0. The molecule has 0 radical (unpaired) electrons. The van der Waals surface area contributed by atoms with Gasteiger partial charge in [-0.05, 0) is 80.0 Å². The van der Waals surface area contributed by atoms with E-state index in [0.717, 1.165) is 38.7 Å². The summed E-state index contributed by atoms with van der Waals surface area (Å²) in [6, 6.07) is 20.6. The molecule has 0 saturated carbocycles. The van der Waals surface area contributed by atoms with Gasteiger partial charge >= 0.3 is 0 Å². The molecular weight excluding hydrogens is 444 g/mol. The molecule has 34 heavy (non-hydrogen) atoms. The average Bonchev–Trinajstić information content (AvgIpc) is 2.81. The third-order valence-corrected chi connectivity index (χ3v) is 8.38. The van der Waals surface area contributed by atoms with Crippen LogP contribution < -0.4 is 5.56 Å². The van der Waals surface area contributed by atoms with Gasteiger partial charge in [0, 0.05) is 18.7 Å². The molecule has 4 aromatic rings. The molecule has 3 aromatic carbocycles. The van der Waals surface area contributed by atoms with Gasteiger partial charge in [-0.3, -0.25) is 4.79 Å². The highest BCUT2D eigenvalue weighted by Crippen LogP contribution is 2.22. The fraction of sp³-hybridized carbons (Fsp3) is 0.250. The van der Waals surface area contributed by atoms with Gasteiger partial charge in [-0.1, -0.05) is 54.1 Å². The highest BCUT2D eigenvalue weighted by Gasteiger charge is 2.26. The summed E-state index contributed by atoms with van der Waals surface area (Å²) in [6.07, 6.45) is 0.557. The van der Waals surface area contributed by atoms with Gasteiger partial charge in [0.15, 0.2) is 0 Å². The minimum Gasteiger partial charge on any atom is -0.321 e. The van der Waals surface area contributed by atoms with Crippen molar-refractivity contribution in [1.82, 2.24) is 9.29 Å². The van der Waals surface area contributed by atoms with Crippen LogP contribution in [0.3, 0.4) is 0 Å². The molecule has 0 saturated heterocycles. The van der Waals surface area contributed by atoms with Crippen LogP contribution in [-0.4, -0.2) is 24.3 Å². The Morgan fingerprint density at radius 3 is 2.24 bits per heavy atom. The standard InChI is InChI=1S/C28H30N2O3S/c1-19-9-13-26(14-10-19)34(32,33)30(16-15-23-8-6-5-7-21(23)3)18-25-17-24-12-11-20(2)22(4)27(24)29-28(25)31/h5-14,17H,15-16,18H2,1-4H3,(H,29,31).